The third-order valence-corrected chi connectivity index (χ3v) is 6.23. The Morgan fingerprint density at radius 2 is 1.64 bits per heavy atom. The molecule has 2 fully saturated rings. The fourth-order valence-electron chi connectivity index (χ4n) is 4.33. The quantitative estimate of drug-likeness (QED) is 0.625. The van der Waals surface area contributed by atoms with Crippen LogP contribution in [0.15, 0.2) is 22.7 Å². The minimum Gasteiger partial charge on any atom is -0.444 e. The summed E-state index contributed by atoms with van der Waals surface area (Å²) < 4.78 is 6.46. The van der Waals surface area contributed by atoms with E-state index in [1.807, 2.05) is 37.8 Å². The summed E-state index contributed by atoms with van der Waals surface area (Å²) in [4.78, 5) is 16.5. The van der Waals surface area contributed by atoms with Gasteiger partial charge in [-0.25, -0.2) is 4.79 Å². The Kier molecular flexibility index (Phi) is 6.54. The topological polar surface area (TPSA) is 56.6 Å². The number of ether oxygens (including phenoxy) is 1. The van der Waals surface area contributed by atoms with Crippen LogP contribution in [0.5, 0.6) is 0 Å². The molecule has 0 N–H and O–H groups in total. The predicted octanol–water partition coefficient (Wildman–Crippen LogP) is 5.18. The lowest BCUT2D eigenvalue weighted by Crippen LogP contribution is -2.44. The highest BCUT2D eigenvalue weighted by molar-refractivity contribution is 9.10. The van der Waals surface area contributed by atoms with Crippen molar-refractivity contribution < 1.29 is 9.53 Å². The lowest BCUT2D eigenvalue weighted by atomic mass is 9.79. The maximum Gasteiger partial charge on any atom is 0.410 e. The summed E-state index contributed by atoms with van der Waals surface area (Å²) in [6, 6.07) is 8.17. The van der Waals surface area contributed by atoms with Gasteiger partial charge in [0.15, 0.2) is 0 Å². The summed E-state index contributed by atoms with van der Waals surface area (Å²) in [6.45, 7) is 9.40. The number of carbonyl (C=O) groups excluding carboxylic acids is 1. The Morgan fingerprint density at radius 1 is 1.07 bits per heavy atom. The molecule has 0 spiro atoms. The van der Waals surface area contributed by atoms with Gasteiger partial charge in [-0.3, -0.25) is 0 Å². The molecule has 28 heavy (non-hydrogen) atoms. The summed E-state index contributed by atoms with van der Waals surface area (Å²) in [7, 11) is 0. The number of likely N-dealkylation sites (tertiary alicyclic amines) is 1. The van der Waals surface area contributed by atoms with Crippen molar-refractivity contribution in [3.05, 3.63) is 28.2 Å². The fourth-order valence-corrected chi connectivity index (χ4v) is 4.81. The largest absolute Gasteiger partial charge is 0.444 e. The van der Waals surface area contributed by atoms with Gasteiger partial charge >= 0.3 is 6.09 Å². The van der Waals surface area contributed by atoms with Gasteiger partial charge in [0.1, 0.15) is 5.60 Å². The molecular formula is C22H30BrN3O2. The number of rotatable bonds is 2. The molecule has 0 unspecified atom stereocenters. The van der Waals surface area contributed by atoms with Gasteiger partial charge < -0.3 is 14.5 Å². The molecule has 5 nitrogen and oxygen atoms in total. The first-order chi connectivity index (χ1) is 13.2. The van der Waals surface area contributed by atoms with Gasteiger partial charge in [-0.2, -0.15) is 5.26 Å². The number of nitriles is 1. The van der Waals surface area contributed by atoms with Crippen LogP contribution < -0.4 is 4.90 Å². The normalized spacial score (nSPS) is 19.4. The first-order valence-corrected chi connectivity index (χ1v) is 11.0. The van der Waals surface area contributed by atoms with Crippen LogP contribution in [0.25, 0.3) is 0 Å². The zero-order valence-electron chi connectivity index (χ0n) is 17.1. The van der Waals surface area contributed by atoms with Crippen molar-refractivity contribution in [3.63, 3.8) is 0 Å². The van der Waals surface area contributed by atoms with Crippen LogP contribution in [-0.2, 0) is 4.74 Å². The van der Waals surface area contributed by atoms with E-state index in [2.05, 4.69) is 33.0 Å². The minimum atomic E-state index is -0.432. The van der Waals surface area contributed by atoms with Crippen LogP contribution in [0.3, 0.4) is 0 Å². The highest BCUT2D eigenvalue weighted by Crippen LogP contribution is 2.35. The van der Waals surface area contributed by atoms with E-state index in [1.165, 1.54) is 12.8 Å². The number of piperidine rings is 2. The van der Waals surface area contributed by atoms with Gasteiger partial charge in [0, 0.05) is 36.3 Å². The van der Waals surface area contributed by atoms with Gasteiger partial charge in [0.05, 0.1) is 11.6 Å². The standard InChI is InChI=1S/C22H30BrN3O2/c1-22(2,3)28-21(27)26-10-6-18(7-11-26)17-4-8-25(9-5-17)20-13-16(15-24)12-19(23)14-20/h12-14,17-18H,4-11H2,1-3H3. The van der Waals surface area contributed by atoms with E-state index in [0.29, 0.717) is 11.5 Å². The van der Waals surface area contributed by atoms with E-state index in [4.69, 9.17) is 4.74 Å². The van der Waals surface area contributed by atoms with Crippen molar-refractivity contribution in [2.75, 3.05) is 31.1 Å². The molecule has 2 saturated heterocycles. The number of hydrogen-bond donors (Lipinski definition) is 0. The average molecular weight is 448 g/mol. The lowest BCUT2D eigenvalue weighted by molar-refractivity contribution is 0.0152. The van der Waals surface area contributed by atoms with Gasteiger partial charge in [-0.15, -0.1) is 0 Å². The molecular weight excluding hydrogens is 418 g/mol. The Balaban J connectivity index is 1.49. The van der Waals surface area contributed by atoms with Crippen LogP contribution in [0.4, 0.5) is 10.5 Å². The van der Waals surface area contributed by atoms with Crippen LogP contribution in [0, 0.1) is 23.2 Å². The van der Waals surface area contributed by atoms with Crippen molar-refractivity contribution in [3.8, 4) is 6.07 Å². The molecule has 0 saturated carbocycles. The highest BCUT2D eigenvalue weighted by Gasteiger charge is 2.32. The number of anilines is 1. The number of hydrogen-bond acceptors (Lipinski definition) is 4. The smallest absolute Gasteiger partial charge is 0.410 e. The molecule has 2 aliphatic heterocycles. The minimum absolute atomic E-state index is 0.177. The number of amides is 1. The first kappa shape index (κ1) is 21.0. The molecule has 1 aromatic rings. The summed E-state index contributed by atoms with van der Waals surface area (Å²) in [5.41, 5.74) is 1.39. The molecule has 0 aliphatic carbocycles. The lowest BCUT2D eigenvalue weighted by Gasteiger charge is -2.41. The highest BCUT2D eigenvalue weighted by atomic mass is 79.9. The van der Waals surface area contributed by atoms with Crippen LogP contribution in [0.1, 0.15) is 52.0 Å². The Bertz CT molecular complexity index is 737. The summed E-state index contributed by atoms with van der Waals surface area (Å²) >= 11 is 3.51. The number of carbonyl (C=O) groups is 1. The molecule has 0 radical (unpaired) electrons. The number of nitrogens with zero attached hydrogens (tertiary/aromatic N) is 3. The van der Waals surface area contributed by atoms with E-state index >= 15 is 0 Å². The second kappa shape index (κ2) is 8.73. The summed E-state index contributed by atoms with van der Waals surface area (Å²) in [5.74, 6) is 1.41. The van der Waals surface area contributed by atoms with Crippen LogP contribution >= 0.6 is 15.9 Å². The van der Waals surface area contributed by atoms with E-state index in [1.54, 1.807) is 0 Å². The molecule has 1 amide bonds. The Morgan fingerprint density at radius 3 is 2.18 bits per heavy atom. The number of benzene rings is 1. The van der Waals surface area contributed by atoms with Gasteiger partial charge in [-0.1, -0.05) is 15.9 Å². The molecule has 6 heteroatoms. The SMILES string of the molecule is CC(C)(C)OC(=O)N1CCC(C2CCN(c3cc(Br)cc(C#N)c3)CC2)CC1. The van der Waals surface area contributed by atoms with E-state index in [9.17, 15) is 10.1 Å². The first-order valence-electron chi connectivity index (χ1n) is 10.2. The zero-order valence-corrected chi connectivity index (χ0v) is 18.7. The molecule has 0 bridgehead atoms. The molecule has 152 valence electrons. The Hall–Kier alpha value is -1.74. The van der Waals surface area contributed by atoms with Crippen molar-refractivity contribution in [1.82, 2.24) is 4.90 Å². The fraction of sp³-hybridized carbons (Fsp3) is 0.636. The summed E-state index contributed by atoms with van der Waals surface area (Å²) in [6.07, 6.45) is 4.30. The third-order valence-electron chi connectivity index (χ3n) is 5.77. The summed E-state index contributed by atoms with van der Waals surface area (Å²) in [5, 5.41) is 9.19. The molecule has 0 aromatic heterocycles. The molecule has 2 heterocycles. The maximum atomic E-state index is 12.2. The Labute approximate surface area is 176 Å². The molecule has 3 rings (SSSR count). The molecule has 1 aromatic carbocycles. The second-order valence-electron chi connectivity index (χ2n) is 8.94. The van der Waals surface area contributed by atoms with Crippen molar-refractivity contribution in [2.45, 2.75) is 52.1 Å². The third kappa shape index (κ3) is 5.41. The van der Waals surface area contributed by atoms with Gasteiger partial charge in [0.2, 0.25) is 0 Å². The monoisotopic (exact) mass is 447 g/mol. The zero-order chi connectivity index (χ0) is 20.3. The predicted molar refractivity (Wildman–Crippen MR) is 114 cm³/mol. The van der Waals surface area contributed by atoms with E-state index in [-0.39, 0.29) is 6.09 Å². The molecule has 2 aliphatic rings. The van der Waals surface area contributed by atoms with Gasteiger partial charge in [0.25, 0.3) is 0 Å². The maximum absolute atomic E-state index is 12.2. The average Bonchev–Trinajstić information content (AvgIpc) is 2.66. The second-order valence-corrected chi connectivity index (χ2v) is 9.85. The van der Waals surface area contributed by atoms with E-state index in [0.717, 1.165) is 55.1 Å². The van der Waals surface area contributed by atoms with E-state index < -0.39 is 5.60 Å². The molecule has 0 atom stereocenters. The van der Waals surface area contributed by atoms with Crippen LogP contribution in [-0.4, -0.2) is 42.8 Å². The van der Waals surface area contributed by atoms with Gasteiger partial charge in [-0.05, 0) is 76.5 Å². The van der Waals surface area contributed by atoms with Crippen molar-refractivity contribution in [2.24, 2.45) is 11.8 Å². The van der Waals surface area contributed by atoms with Crippen molar-refractivity contribution >= 4 is 27.7 Å². The van der Waals surface area contributed by atoms with Crippen molar-refractivity contribution in [1.29, 1.82) is 5.26 Å². The van der Waals surface area contributed by atoms with Crippen LogP contribution in [0.2, 0.25) is 0 Å². The number of halogens is 1.